The van der Waals surface area contributed by atoms with E-state index in [9.17, 15) is 8.42 Å². The number of piperazine rings is 1. The lowest BCUT2D eigenvalue weighted by atomic mass is 10.1. The van der Waals surface area contributed by atoms with Crippen molar-refractivity contribution in [1.29, 1.82) is 0 Å². The van der Waals surface area contributed by atoms with Gasteiger partial charge in [-0.25, -0.2) is 13.1 Å². The fourth-order valence-corrected chi connectivity index (χ4v) is 4.90. The molecule has 11 heteroatoms. The Labute approximate surface area is 169 Å². The van der Waals surface area contributed by atoms with E-state index in [2.05, 4.69) is 25.8 Å². The molecule has 0 amide bonds. The maximum absolute atomic E-state index is 13.4. The normalized spacial score (nSPS) is 17.8. The van der Waals surface area contributed by atoms with Gasteiger partial charge in [0, 0.05) is 44.6 Å². The van der Waals surface area contributed by atoms with Crippen molar-refractivity contribution in [2.24, 2.45) is 7.05 Å². The minimum absolute atomic E-state index is 0. The quantitative estimate of drug-likeness (QED) is 0.670. The first-order chi connectivity index (χ1) is 13.1. The van der Waals surface area contributed by atoms with Crippen LogP contribution in [0, 0.1) is 0 Å². The number of hydrogen-bond donors (Lipinski definition) is 1. The van der Waals surface area contributed by atoms with E-state index in [1.54, 1.807) is 43.7 Å². The van der Waals surface area contributed by atoms with Crippen LogP contribution >= 0.6 is 12.4 Å². The Balaban J connectivity index is 0.00000225. The van der Waals surface area contributed by atoms with Gasteiger partial charge in [0.2, 0.25) is 10.0 Å². The SMILES string of the molecule is Cl.Cn1nnnc1-c1cccc(S(=O)(=O)N2CCNCC2c2cccnc2)c1. The predicted molar refractivity (Wildman–Crippen MR) is 105 cm³/mol. The molecule has 1 fully saturated rings. The zero-order chi connectivity index (χ0) is 18.9. The van der Waals surface area contributed by atoms with Crippen LogP contribution in [0.4, 0.5) is 0 Å². The van der Waals surface area contributed by atoms with Gasteiger partial charge < -0.3 is 5.32 Å². The summed E-state index contributed by atoms with van der Waals surface area (Å²) in [5.41, 5.74) is 1.51. The number of halogens is 1. The van der Waals surface area contributed by atoms with Gasteiger partial charge in [0.1, 0.15) is 0 Å². The van der Waals surface area contributed by atoms with Gasteiger partial charge in [0.05, 0.1) is 10.9 Å². The molecule has 4 rings (SSSR count). The zero-order valence-electron chi connectivity index (χ0n) is 15.1. The fourth-order valence-electron chi connectivity index (χ4n) is 3.24. The van der Waals surface area contributed by atoms with Gasteiger partial charge in [-0.05, 0) is 34.2 Å². The minimum Gasteiger partial charge on any atom is -0.313 e. The molecule has 1 saturated heterocycles. The van der Waals surface area contributed by atoms with Gasteiger partial charge in [-0.1, -0.05) is 18.2 Å². The number of hydrogen-bond acceptors (Lipinski definition) is 7. The molecule has 2 aromatic heterocycles. The third-order valence-electron chi connectivity index (χ3n) is 4.58. The van der Waals surface area contributed by atoms with Crippen molar-refractivity contribution in [1.82, 2.24) is 34.8 Å². The Hall–Kier alpha value is -2.40. The highest BCUT2D eigenvalue weighted by atomic mass is 35.5. The van der Waals surface area contributed by atoms with Gasteiger partial charge >= 0.3 is 0 Å². The summed E-state index contributed by atoms with van der Waals surface area (Å²) in [6.07, 6.45) is 3.39. The molecule has 1 aromatic carbocycles. The van der Waals surface area contributed by atoms with E-state index in [1.165, 1.54) is 8.99 Å². The summed E-state index contributed by atoms with van der Waals surface area (Å²) in [5.74, 6) is 0.510. The van der Waals surface area contributed by atoms with Crippen molar-refractivity contribution in [3.63, 3.8) is 0 Å². The molecule has 0 aliphatic carbocycles. The van der Waals surface area contributed by atoms with Crippen LogP contribution in [0.25, 0.3) is 11.4 Å². The van der Waals surface area contributed by atoms with Gasteiger partial charge in [0.15, 0.2) is 5.82 Å². The van der Waals surface area contributed by atoms with Crippen molar-refractivity contribution in [2.75, 3.05) is 19.6 Å². The average Bonchev–Trinajstić information content (AvgIpc) is 3.15. The van der Waals surface area contributed by atoms with Crippen LogP contribution in [0.2, 0.25) is 0 Å². The highest BCUT2D eigenvalue weighted by molar-refractivity contribution is 7.89. The van der Waals surface area contributed by atoms with E-state index in [0.717, 1.165) is 5.56 Å². The number of tetrazole rings is 1. The summed E-state index contributed by atoms with van der Waals surface area (Å²) in [7, 11) is -1.98. The van der Waals surface area contributed by atoms with Gasteiger partial charge in [-0.3, -0.25) is 4.98 Å². The molecule has 9 nitrogen and oxygen atoms in total. The smallest absolute Gasteiger partial charge is 0.243 e. The Morgan fingerprint density at radius 3 is 2.79 bits per heavy atom. The molecule has 0 bridgehead atoms. The highest BCUT2D eigenvalue weighted by Gasteiger charge is 2.34. The molecule has 28 heavy (non-hydrogen) atoms. The molecular weight excluding hydrogens is 402 g/mol. The number of nitrogens with one attached hydrogen (secondary N) is 1. The molecule has 3 aromatic rings. The third-order valence-corrected chi connectivity index (χ3v) is 6.49. The number of rotatable bonds is 4. The van der Waals surface area contributed by atoms with E-state index in [0.29, 0.717) is 31.0 Å². The third kappa shape index (κ3) is 3.76. The summed E-state index contributed by atoms with van der Waals surface area (Å²) >= 11 is 0. The molecule has 1 N–H and O–H groups in total. The van der Waals surface area contributed by atoms with Crippen LogP contribution in [0.15, 0.2) is 53.7 Å². The molecular formula is C17H20ClN7O2S. The molecule has 1 atom stereocenters. The topological polar surface area (TPSA) is 106 Å². The van der Waals surface area contributed by atoms with Crippen LogP contribution in [-0.2, 0) is 17.1 Å². The first-order valence-corrected chi connectivity index (χ1v) is 9.96. The second kappa shape index (κ2) is 8.31. The summed E-state index contributed by atoms with van der Waals surface area (Å²) in [5, 5.41) is 14.7. The maximum Gasteiger partial charge on any atom is 0.243 e. The van der Waals surface area contributed by atoms with E-state index < -0.39 is 10.0 Å². The zero-order valence-corrected chi connectivity index (χ0v) is 16.8. The largest absolute Gasteiger partial charge is 0.313 e. The first-order valence-electron chi connectivity index (χ1n) is 8.52. The van der Waals surface area contributed by atoms with Crippen molar-refractivity contribution >= 4 is 22.4 Å². The van der Waals surface area contributed by atoms with Gasteiger partial charge in [-0.15, -0.1) is 17.5 Å². The van der Waals surface area contributed by atoms with Crippen LogP contribution in [0.5, 0.6) is 0 Å². The van der Waals surface area contributed by atoms with E-state index in [-0.39, 0.29) is 23.3 Å². The Morgan fingerprint density at radius 1 is 1.21 bits per heavy atom. The maximum atomic E-state index is 13.4. The van der Waals surface area contributed by atoms with E-state index in [4.69, 9.17) is 0 Å². The second-order valence-corrected chi connectivity index (χ2v) is 8.17. The van der Waals surface area contributed by atoms with Crippen molar-refractivity contribution in [3.05, 3.63) is 54.4 Å². The second-order valence-electron chi connectivity index (χ2n) is 6.28. The lowest BCUT2D eigenvalue weighted by Crippen LogP contribution is -2.48. The summed E-state index contributed by atoms with van der Waals surface area (Å²) in [4.78, 5) is 4.35. The Morgan fingerprint density at radius 2 is 2.07 bits per heavy atom. The van der Waals surface area contributed by atoms with Crippen LogP contribution in [0.1, 0.15) is 11.6 Å². The van der Waals surface area contributed by atoms with Gasteiger partial charge in [-0.2, -0.15) is 4.31 Å². The van der Waals surface area contributed by atoms with E-state index >= 15 is 0 Å². The number of benzene rings is 1. The number of aryl methyl sites for hydroxylation is 1. The Bertz CT molecular complexity index is 1040. The van der Waals surface area contributed by atoms with Crippen LogP contribution < -0.4 is 5.32 Å². The molecule has 0 saturated carbocycles. The molecule has 0 spiro atoms. The van der Waals surface area contributed by atoms with Crippen LogP contribution in [-0.4, -0.2) is 57.5 Å². The fraction of sp³-hybridized carbons (Fsp3) is 0.294. The van der Waals surface area contributed by atoms with Crippen molar-refractivity contribution in [3.8, 4) is 11.4 Å². The molecule has 1 aliphatic heterocycles. The lowest BCUT2D eigenvalue weighted by molar-refractivity contribution is 0.271. The van der Waals surface area contributed by atoms with Crippen molar-refractivity contribution < 1.29 is 8.42 Å². The molecule has 0 radical (unpaired) electrons. The number of aromatic nitrogens is 5. The molecule has 148 valence electrons. The molecule has 3 heterocycles. The monoisotopic (exact) mass is 421 g/mol. The van der Waals surface area contributed by atoms with E-state index in [1.807, 2.05) is 12.1 Å². The lowest BCUT2D eigenvalue weighted by Gasteiger charge is -2.35. The number of nitrogens with zero attached hydrogens (tertiary/aromatic N) is 6. The number of sulfonamides is 1. The summed E-state index contributed by atoms with van der Waals surface area (Å²) in [6, 6.07) is 10.1. The van der Waals surface area contributed by atoms with Crippen LogP contribution in [0.3, 0.4) is 0 Å². The molecule has 1 aliphatic rings. The Kier molecular flexibility index (Phi) is 6.04. The first kappa shape index (κ1) is 20.3. The summed E-state index contributed by atoms with van der Waals surface area (Å²) in [6.45, 7) is 1.53. The standard InChI is InChI=1S/C17H19N7O2S.ClH/c1-23-17(20-21-22-23)13-4-2-6-15(10-13)27(25,26)24-9-8-19-12-16(24)14-5-3-7-18-11-14;/h2-7,10-11,16,19H,8-9,12H2,1H3;1H. The number of pyridine rings is 1. The predicted octanol–water partition coefficient (Wildman–Crippen LogP) is 1.03. The van der Waals surface area contributed by atoms with Gasteiger partial charge in [0.25, 0.3) is 0 Å². The highest BCUT2D eigenvalue weighted by Crippen LogP contribution is 2.30. The van der Waals surface area contributed by atoms with Crippen molar-refractivity contribution in [2.45, 2.75) is 10.9 Å². The minimum atomic E-state index is -3.70. The molecule has 1 unspecified atom stereocenters. The summed E-state index contributed by atoms with van der Waals surface area (Å²) < 4.78 is 29.8. The average molecular weight is 422 g/mol.